The molecule has 0 radical (unpaired) electrons. The molecule has 5 nitrogen and oxygen atoms in total. The molecule has 1 aliphatic heterocycles. The number of hydrogen-bond donors (Lipinski definition) is 1. The Balaban J connectivity index is 1.42. The van der Waals surface area contributed by atoms with Crippen LogP contribution in [-0.4, -0.2) is 17.7 Å². The summed E-state index contributed by atoms with van der Waals surface area (Å²) in [5, 5.41) is 3.31. The van der Waals surface area contributed by atoms with Crippen molar-refractivity contribution in [3.05, 3.63) is 93.1 Å². The first-order valence-corrected chi connectivity index (χ1v) is 11.8. The molecule has 0 atom stereocenters. The van der Waals surface area contributed by atoms with E-state index in [4.69, 9.17) is 9.47 Å². The lowest BCUT2D eigenvalue weighted by Gasteiger charge is -2.09. The summed E-state index contributed by atoms with van der Waals surface area (Å²) < 4.78 is 25.0. The lowest BCUT2D eigenvalue weighted by atomic mass is 10.2. The van der Waals surface area contributed by atoms with Gasteiger partial charge in [0.2, 0.25) is 0 Å². The number of rotatable bonds is 7. The summed E-state index contributed by atoms with van der Waals surface area (Å²) in [6, 6.07) is 19.1. The highest BCUT2D eigenvalue weighted by Crippen LogP contribution is 2.31. The largest absolute Gasteiger partial charge is 0.494 e. The smallest absolute Gasteiger partial charge is 0.264 e. The lowest BCUT2D eigenvalue weighted by molar-refractivity contribution is -0.115. The van der Waals surface area contributed by atoms with E-state index in [0.29, 0.717) is 29.0 Å². The van der Waals surface area contributed by atoms with Gasteiger partial charge in [-0.2, -0.15) is 0 Å². The first-order valence-electron chi connectivity index (χ1n) is 10.2. The number of hydrogen-bond acceptors (Lipinski definition) is 5. The van der Waals surface area contributed by atoms with E-state index in [1.807, 2.05) is 49.4 Å². The van der Waals surface area contributed by atoms with Gasteiger partial charge in [0.15, 0.2) is 5.17 Å². The second-order valence-electron chi connectivity index (χ2n) is 7.01. The second kappa shape index (κ2) is 10.7. The minimum atomic E-state index is -0.279. The average molecular weight is 527 g/mol. The molecular formula is C25H20BrFN2O3S. The van der Waals surface area contributed by atoms with Crippen LogP contribution in [0.5, 0.6) is 11.5 Å². The third kappa shape index (κ3) is 6.24. The van der Waals surface area contributed by atoms with E-state index in [0.717, 1.165) is 27.0 Å². The van der Waals surface area contributed by atoms with E-state index in [2.05, 4.69) is 26.2 Å². The van der Waals surface area contributed by atoms with Gasteiger partial charge in [0.25, 0.3) is 5.91 Å². The summed E-state index contributed by atoms with van der Waals surface area (Å²) in [5.41, 5.74) is 2.44. The van der Waals surface area contributed by atoms with Gasteiger partial charge in [-0.15, -0.1) is 0 Å². The van der Waals surface area contributed by atoms with Crippen LogP contribution in [-0.2, 0) is 11.4 Å². The van der Waals surface area contributed by atoms with E-state index in [9.17, 15) is 9.18 Å². The van der Waals surface area contributed by atoms with Crippen molar-refractivity contribution >= 4 is 50.5 Å². The molecule has 3 aromatic carbocycles. The monoisotopic (exact) mass is 526 g/mol. The molecule has 0 bridgehead atoms. The summed E-state index contributed by atoms with van der Waals surface area (Å²) in [6.45, 7) is 2.86. The SMILES string of the molecule is CCOc1ccc(N=C2NC(=O)/C(=C/c3ccc(OCc4ccc(F)cc4)c(Br)c3)S2)cc1. The molecule has 0 unspecified atom stereocenters. The number of amides is 1. The number of nitrogens with zero attached hydrogens (tertiary/aromatic N) is 1. The molecule has 4 rings (SSSR count). The maximum Gasteiger partial charge on any atom is 0.264 e. The van der Waals surface area contributed by atoms with E-state index < -0.39 is 0 Å². The Morgan fingerprint density at radius 3 is 2.52 bits per heavy atom. The van der Waals surface area contributed by atoms with Gasteiger partial charge in [-0.25, -0.2) is 9.38 Å². The van der Waals surface area contributed by atoms with Crippen LogP contribution in [0, 0.1) is 5.82 Å². The molecule has 0 aliphatic carbocycles. The fourth-order valence-corrected chi connectivity index (χ4v) is 4.35. The molecule has 3 aromatic rings. The van der Waals surface area contributed by atoms with E-state index in [1.165, 1.54) is 23.9 Å². The minimum absolute atomic E-state index is 0.197. The molecule has 1 N–H and O–H groups in total. The summed E-state index contributed by atoms with van der Waals surface area (Å²) in [7, 11) is 0. The molecule has 1 aliphatic rings. The van der Waals surface area contributed by atoms with Gasteiger partial charge in [0.05, 0.1) is 21.7 Å². The zero-order valence-corrected chi connectivity index (χ0v) is 20.1. The fourth-order valence-electron chi connectivity index (χ4n) is 3.00. The Labute approximate surface area is 203 Å². The van der Waals surface area contributed by atoms with Crippen LogP contribution in [0.1, 0.15) is 18.1 Å². The molecule has 0 saturated carbocycles. The maximum absolute atomic E-state index is 13.0. The van der Waals surface area contributed by atoms with Crippen LogP contribution in [0.15, 0.2) is 81.1 Å². The predicted octanol–water partition coefficient (Wildman–Crippen LogP) is 6.46. The molecule has 1 heterocycles. The Morgan fingerprint density at radius 2 is 1.82 bits per heavy atom. The number of ether oxygens (including phenoxy) is 2. The minimum Gasteiger partial charge on any atom is -0.494 e. The summed E-state index contributed by atoms with van der Waals surface area (Å²) >= 11 is 4.80. The topological polar surface area (TPSA) is 59.9 Å². The van der Waals surface area contributed by atoms with Crippen LogP contribution >= 0.6 is 27.7 Å². The number of thioether (sulfide) groups is 1. The lowest BCUT2D eigenvalue weighted by Crippen LogP contribution is -2.19. The van der Waals surface area contributed by atoms with Gasteiger partial charge in [0.1, 0.15) is 23.9 Å². The number of nitrogens with one attached hydrogen (secondary N) is 1. The van der Waals surface area contributed by atoms with Crippen molar-refractivity contribution in [2.24, 2.45) is 4.99 Å². The van der Waals surface area contributed by atoms with Crippen molar-refractivity contribution in [1.82, 2.24) is 5.32 Å². The van der Waals surface area contributed by atoms with E-state index >= 15 is 0 Å². The number of carbonyl (C=O) groups excluding carboxylic acids is 1. The van der Waals surface area contributed by atoms with Gasteiger partial charge in [-0.05, 0) is 100 Å². The highest BCUT2D eigenvalue weighted by molar-refractivity contribution is 9.10. The van der Waals surface area contributed by atoms with Crippen molar-refractivity contribution in [2.75, 3.05) is 6.61 Å². The molecule has 33 heavy (non-hydrogen) atoms. The quantitative estimate of drug-likeness (QED) is 0.359. The molecule has 1 fully saturated rings. The summed E-state index contributed by atoms with van der Waals surface area (Å²) in [5.74, 6) is 0.958. The first kappa shape index (κ1) is 23.1. The van der Waals surface area contributed by atoms with Gasteiger partial charge in [-0.3, -0.25) is 4.79 Å². The molecule has 0 spiro atoms. The van der Waals surface area contributed by atoms with Crippen LogP contribution in [0.2, 0.25) is 0 Å². The standard InChI is InChI=1S/C25H20BrFN2O3S/c1-2-31-20-10-8-19(9-11-20)28-25-29-24(30)23(33-25)14-17-5-12-22(21(26)13-17)32-15-16-3-6-18(27)7-4-16/h3-14H,2,15H2,1H3,(H,28,29,30)/b23-14-. The van der Waals surface area contributed by atoms with Crippen molar-refractivity contribution in [1.29, 1.82) is 0 Å². The Bertz CT molecular complexity index is 1210. The normalized spacial score (nSPS) is 15.7. The number of halogens is 2. The maximum atomic E-state index is 13.0. The first-order chi connectivity index (χ1) is 16.0. The van der Waals surface area contributed by atoms with E-state index in [-0.39, 0.29) is 11.7 Å². The molecule has 1 saturated heterocycles. The molecule has 0 aromatic heterocycles. The van der Waals surface area contributed by atoms with Crippen LogP contribution in [0.25, 0.3) is 6.08 Å². The highest BCUT2D eigenvalue weighted by Gasteiger charge is 2.24. The average Bonchev–Trinajstić information content (AvgIpc) is 3.14. The van der Waals surface area contributed by atoms with Gasteiger partial charge in [0, 0.05) is 0 Å². The van der Waals surface area contributed by atoms with Crippen molar-refractivity contribution in [3.63, 3.8) is 0 Å². The molecule has 8 heteroatoms. The fraction of sp³-hybridized carbons (Fsp3) is 0.120. The van der Waals surface area contributed by atoms with Crippen molar-refractivity contribution in [2.45, 2.75) is 13.5 Å². The van der Waals surface area contributed by atoms with E-state index in [1.54, 1.807) is 18.2 Å². The Morgan fingerprint density at radius 1 is 1.06 bits per heavy atom. The molecule has 168 valence electrons. The van der Waals surface area contributed by atoms with Gasteiger partial charge in [-0.1, -0.05) is 18.2 Å². The summed E-state index contributed by atoms with van der Waals surface area (Å²) in [6.07, 6.45) is 1.80. The van der Waals surface area contributed by atoms with Crippen LogP contribution in [0.3, 0.4) is 0 Å². The van der Waals surface area contributed by atoms with Gasteiger partial charge >= 0.3 is 0 Å². The second-order valence-corrected chi connectivity index (χ2v) is 8.90. The third-order valence-corrected chi connectivity index (χ3v) is 6.12. The Hall–Kier alpha value is -3.10. The molecule has 1 amide bonds. The predicted molar refractivity (Wildman–Crippen MR) is 133 cm³/mol. The zero-order valence-electron chi connectivity index (χ0n) is 17.7. The van der Waals surface area contributed by atoms with Crippen molar-refractivity contribution in [3.8, 4) is 11.5 Å². The number of benzene rings is 3. The molecular weight excluding hydrogens is 507 g/mol. The highest BCUT2D eigenvalue weighted by atomic mass is 79.9. The number of carbonyl (C=O) groups is 1. The third-order valence-electron chi connectivity index (χ3n) is 4.59. The van der Waals surface area contributed by atoms with Crippen LogP contribution in [0.4, 0.5) is 10.1 Å². The zero-order chi connectivity index (χ0) is 23.2. The summed E-state index contributed by atoms with van der Waals surface area (Å²) in [4.78, 5) is 17.4. The van der Waals surface area contributed by atoms with Gasteiger partial charge < -0.3 is 14.8 Å². The number of amidine groups is 1. The van der Waals surface area contributed by atoms with Crippen LogP contribution < -0.4 is 14.8 Å². The number of aliphatic imine (C=N–C) groups is 1. The van der Waals surface area contributed by atoms with Crippen molar-refractivity contribution < 1.29 is 18.7 Å². The Kier molecular flexibility index (Phi) is 7.47.